The Balaban J connectivity index is 1.82. The molecule has 0 aliphatic carbocycles. The third kappa shape index (κ3) is 3.51. The number of rotatable bonds is 4. The predicted molar refractivity (Wildman–Crippen MR) is 71.8 cm³/mol. The van der Waals surface area contributed by atoms with Crippen LogP contribution in [0.5, 0.6) is 0 Å². The van der Waals surface area contributed by atoms with E-state index in [0.717, 1.165) is 21.0 Å². The first-order valence-corrected chi connectivity index (χ1v) is 6.96. The third-order valence-corrected chi connectivity index (χ3v) is 3.92. The van der Waals surface area contributed by atoms with Crippen LogP contribution >= 0.6 is 11.6 Å². The molecule has 0 spiro atoms. The fraction of sp³-hybridized carbons (Fsp3) is 0.143. The summed E-state index contributed by atoms with van der Waals surface area (Å²) in [6.45, 7) is 0. The minimum Gasteiger partial charge on any atom is -0.0843 e. The van der Waals surface area contributed by atoms with Gasteiger partial charge in [0.05, 0.1) is 9.52 Å². The summed E-state index contributed by atoms with van der Waals surface area (Å²) in [6, 6.07) is 20.0. The third-order valence-electron chi connectivity index (χ3n) is 2.43. The first-order valence-electron chi connectivity index (χ1n) is 5.38. The van der Waals surface area contributed by atoms with E-state index < -0.39 is 0 Å². The lowest BCUT2D eigenvalue weighted by Crippen LogP contribution is -2.13. The molecule has 0 amide bonds. The number of halogens is 1. The van der Waals surface area contributed by atoms with Crippen LogP contribution in [-0.2, 0) is 6.42 Å². The number of aryl methyl sites for hydroxylation is 1. The van der Waals surface area contributed by atoms with Crippen LogP contribution in [0.25, 0.3) is 0 Å². The highest BCUT2D eigenvalue weighted by Gasteiger charge is 1.96. The Hall–Kier alpha value is -1.05. The van der Waals surface area contributed by atoms with Gasteiger partial charge < -0.3 is 0 Å². The summed E-state index contributed by atoms with van der Waals surface area (Å²) in [7, 11) is 0.894. The second-order valence-electron chi connectivity index (χ2n) is 3.67. The van der Waals surface area contributed by atoms with Gasteiger partial charge in [-0.25, -0.2) is 0 Å². The van der Waals surface area contributed by atoms with Gasteiger partial charge in [-0.05, 0) is 24.1 Å². The molecule has 2 heteroatoms. The van der Waals surface area contributed by atoms with Gasteiger partial charge in [0.25, 0.3) is 0 Å². The molecule has 2 aromatic carbocycles. The van der Waals surface area contributed by atoms with Gasteiger partial charge >= 0.3 is 0 Å². The van der Waals surface area contributed by atoms with Crippen molar-refractivity contribution < 1.29 is 0 Å². The van der Waals surface area contributed by atoms with Crippen molar-refractivity contribution in [2.75, 3.05) is 0 Å². The minimum atomic E-state index is 0.814. The fourth-order valence-electron chi connectivity index (χ4n) is 1.56. The average Bonchev–Trinajstić information content (AvgIpc) is 2.33. The fourth-order valence-corrected chi connectivity index (χ4v) is 2.81. The van der Waals surface area contributed by atoms with Crippen LogP contribution in [0.15, 0.2) is 54.6 Å². The van der Waals surface area contributed by atoms with E-state index in [4.69, 9.17) is 11.6 Å². The molecule has 0 atom stereocenters. The lowest BCUT2D eigenvalue weighted by Gasteiger charge is -2.01. The lowest BCUT2D eigenvalue weighted by atomic mass is 10.2. The average molecular weight is 245 g/mol. The lowest BCUT2D eigenvalue weighted by molar-refractivity contribution is 1.13. The first-order chi connectivity index (χ1) is 7.84. The van der Waals surface area contributed by atoms with Gasteiger partial charge in [0.1, 0.15) is 0 Å². The highest BCUT2D eigenvalue weighted by atomic mass is 35.5. The molecule has 80 valence electrons. The zero-order chi connectivity index (χ0) is 11.2. The van der Waals surface area contributed by atoms with Crippen molar-refractivity contribution in [3.05, 3.63) is 65.2 Å². The molecular weight excluding hydrogens is 232 g/mol. The van der Waals surface area contributed by atoms with Gasteiger partial charge in [-0.15, -0.1) is 0 Å². The topological polar surface area (TPSA) is 0 Å². The van der Waals surface area contributed by atoms with Crippen molar-refractivity contribution >= 4 is 26.3 Å². The van der Waals surface area contributed by atoms with Crippen LogP contribution in [-0.4, -0.2) is 9.52 Å². The Morgan fingerprint density at radius 1 is 0.875 bits per heavy atom. The number of hydrogen-bond donors (Lipinski definition) is 0. The van der Waals surface area contributed by atoms with Crippen molar-refractivity contribution in [1.29, 1.82) is 0 Å². The highest BCUT2D eigenvalue weighted by Crippen LogP contribution is 2.10. The molecule has 2 aromatic rings. The van der Waals surface area contributed by atoms with Crippen molar-refractivity contribution in [1.82, 2.24) is 0 Å². The van der Waals surface area contributed by atoms with Crippen LogP contribution in [0.3, 0.4) is 0 Å². The Labute approximate surface area is 104 Å². The molecule has 2 rings (SSSR count). The molecule has 0 fully saturated rings. The zero-order valence-electron chi connectivity index (χ0n) is 8.99. The summed E-state index contributed by atoms with van der Waals surface area (Å²) >= 11 is 5.84. The molecule has 0 saturated heterocycles. The molecule has 0 bridgehead atoms. The Morgan fingerprint density at radius 2 is 1.56 bits per heavy atom. The van der Waals surface area contributed by atoms with Crippen molar-refractivity contribution in [3.63, 3.8) is 0 Å². The number of benzene rings is 2. The van der Waals surface area contributed by atoms with Crippen LogP contribution in [0.1, 0.15) is 5.56 Å². The monoisotopic (exact) mass is 244 g/mol. The van der Waals surface area contributed by atoms with E-state index >= 15 is 0 Å². The van der Waals surface area contributed by atoms with Gasteiger partial charge in [-0.1, -0.05) is 65.3 Å². The zero-order valence-corrected chi connectivity index (χ0v) is 10.7. The minimum absolute atomic E-state index is 0.814. The molecule has 0 nitrogen and oxygen atoms in total. The summed E-state index contributed by atoms with van der Waals surface area (Å²) in [4.78, 5) is 0. The molecule has 0 saturated carbocycles. The molecule has 16 heavy (non-hydrogen) atoms. The van der Waals surface area contributed by atoms with Crippen molar-refractivity contribution in [2.45, 2.75) is 12.5 Å². The summed E-state index contributed by atoms with van der Waals surface area (Å²) in [5.41, 5.74) is 1.37. The van der Waals surface area contributed by atoms with Gasteiger partial charge in [-0.2, -0.15) is 0 Å². The normalized spacial score (nSPS) is 10.3. The Kier molecular flexibility index (Phi) is 4.20. The van der Waals surface area contributed by atoms with Gasteiger partial charge in [-0.3, -0.25) is 0 Å². The maximum absolute atomic E-state index is 5.84. The van der Waals surface area contributed by atoms with Crippen molar-refractivity contribution in [3.8, 4) is 0 Å². The van der Waals surface area contributed by atoms with E-state index in [1.54, 1.807) is 0 Å². The second kappa shape index (κ2) is 5.88. The molecule has 0 aliphatic heterocycles. The van der Waals surface area contributed by atoms with Gasteiger partial charge in [0.15, 0.2) is 0 Å². The largest absolute Gasteiger partial charge is 0.0843 e. The summed E-state index contributed by atoms with van der Waals surface area (Å²) in [5.74, 6) is 0. The van der Waals surface area contributed by atoms with E-state index in [1.807, 2.05) is 12.1 Å². The van der Waals surface area contributed by atoms with Gasteiger partial charge in [0.2, 0.25) is 0 Å². The summed E-state index contributed by atoms with van der Waals surface area (Å²) in [5, 5.41) is 2.26. The number of hydrogen-bond acceptors (Lipinski definition) is 0. The Morgan fingerprint density at radius 3 is 2.25 bits per heavy atom. The van der Waals surface area contributed by atoms with Crippen LogP contribution in [0.2, 0.25) is 11.1 Å². The van der Waals surface area contributed by atoms with Crippen LogP contribution in [0, 0.1) is 0 Å². The quantitative estimate of drug-likeness (QED) is 0.724. The van der Waals surface area contributed by atoms with E-state index in [1.165, 1.54) is 16.8 Å². The SMILES string of the molecule is Clc1ccc(CC[Si]c2ccccc2)cc1. The van der Waals surface area contributed by atoms with Crippen molar-refractivity contribution in [2.24, 2.45) is 0 Å². The predicted octanol–water partition coefficient (Wildman–Crippen LogP) is 3.33. The molecule has 0 unspecified atom stereocenters. The molecule has 2 radical (unpaired) electrons. The second-order valence-corrected chi connectivity index (χ2v) is 5.54. The molecule has 0 N–H and O–H groups in total. The maximum Gasteiger partial charge on any atom is 0.0811 e. The first kappa shape index (κ1) is 11.4. The highest BCUT2D eigenvalue weighted by molar-refractivity contribution is 6.53. The molecule has 0 aliphatic rings. The summed E-state index contributed by atoms with van der Waals surface area (Å²) in [6.07, 6.45) is 1.13. The molecule has 0 heterocycles. The van der Waals surface area contributed by atoms with E-state index in [9.17, 15) is 0 Å². The maximum atomic E-state index is 5.84. The smallest absolute Gasteiger partial charge is 0.0811 e. The van der Waals surface area contributed by atoms with Crippen LogP contribution in [0.4, 0.5) is 0 Å². The standard InChI is InChI=1S/C14H13ClSi/c15-13-8-6-12(7-9-13)10-11-16-14-4-2-1-3-5-14/h1-9H,10-11H2. The summed E-state index contributed by atoms with van der Waals surface area (Å²) < 4.78 is 0. The Bertz CT molecular complexity index is 422. The van der Waals surface area contributed by atoms with E-state index in [-0.39, 0.29) is 0 Å². The van der Waals surface area contributed by atoms with Crippen LogP contribution < -0.4 is 5.19 Å². The molecule has 0 aromatic heterocycles. The van der Waals surface area contributed by atoms with Gasteiger partial charge in [0, 0.05) is 5.02 Å². The molecular formula is C14H13ClSi. The van der Waals surface area contributed by atoms with E-state index in [0.29, 0.717) is 0 Å². The van der Waals surface area contributed by atoms with E-state index in [2.05, 4.69) is 42.5 Å².